The van der Waals surface area contributed by atoms with E-state index in [2.05, 4.69) is 5.32 Å². The summed E-state index contributed by atoms with van der Waals surface area (Å²) in [5, 5.41) is 23.6. The van der Waals surface area contributed by atoms with Gasteiger partial charge < -0.3 is 15.2 Å². The third-order valence-corrected chi connectivity index (χ3v) is 3.19. The summed E-state index contributed by atoms with van der Waals surface area (Å²) in [7, 11) is 1.39. The fourth-order valence-corrected chi connectivity index (χ4v) is 1.63. The monoisotopic (exact) mass is 268 g/mol. The number of nitrogens with one attached hydrogen (secondary N) is 1. The Hall–Kier alpha value is -1.82. The first-order valence-corrected chi connectivity index (χ1v) is 6.24. The summed E-state index contributed by atoms with van der Waals surface area (Å²) in [5.74, 6) is 0.403. The van der Waals surface area contributed by atoms with Crippen LogP contribution in [0, 0.1) is 16.0 Å². The van der Waals surface area contributed by atoms with E-state index in [1.165, 1.54) is 13.2 Å². The van der Waals surface area contributed by atoms with Gasteiger partial charge in [0.05, 0.1) is 18.1 Å². The summed E-state index contributed by atoms with van der Waals surface area (Å²) in [4.78, 5) is 10.3. The molecule has 0 fully saturated rings. The molecule has 0 amide bonds. The number of hydrogen-bond donors (Lipinski definition) is 2. The highest BCUT2D eigenvalue weighted by Gasteiger charge is 2.16. The number of benzene rings is 1. The summed E-state index contributed by atoms with van der Waals surface area (Å²) in [6.07, 6.45) is 0.443. The van der Waals surface area contributed by atoms with Crippen molar-refractivity contribution in [2.24, 2.45) is 5.92 Å². The van der Waals surface area contributed by atoms with Gasteiger partial charge in [0.2, 0.25) is 0 Å². The predicted octanol–water partition coefficient (Wildman–Crippen LogP) is 2.42. The predicted molar refractivity (Wildman–Crippen MR) is 73.6 cm³/mol. The molecular formula is C13H20N2O4. The van der Waals surface area contributed by atoms with E-state index in [1.54, 1.807) is 12.1 Å². The van der Waals surface area contributed by atoms with Crippen LogP contribution in [-0.2, 0) is 0 Å². The molecule has 0 aliphatic rings. The maximum absolute atomic E-state index is 10.8. The van der Waals surface area contributed by atoms with Crippen molar-refractivity contribution in [1.82, 2.24) is 0 Å². The fraction of sp³-hybridized carbons (Fsp3) is 0.538. The van der Waals surface area contributed by atoms with Gasteiger partial charge in [0.1, 0.15) is 0 Å². The largest absolute Gasteiger partial charge is 0.490 e. The van der Waals surface area contributed by atoms with Crippen molar-refractivity contribution in [3.8, 4) is 5.75 Å². The first kappa shape index (κ1) is 15.2. The minimum Gasteiger partial charge on any atom is -0.490 e. The number of hydrogen-bond acceptors (Lipinski definition) is 5. The normalized spacial score (nSPS) is 13.7. The molecule has 19 heavy (non-hydrogen) atoms. The van der Waals surface area contributed by atoms with Crippen LogP contribution in [0.15, 0.2) is 18.2 Å². The van der Waals surface area contributed by atoms with E-state index in [0.717, 1.165) is 6.42 Å². The maximum Gasteiger partial charge on any atom is 0.311 e. The molecule has 6 heteroatoms. The third kappa shape index (κ3) is 4.10. The minimum atomic E-state index is -0.489. The molecule has 0 spiro atoms. The average molecular weight is 268 g/mol. The van der Waals surface area contributed by atoms with Crippen LogP contribution in [-0.4, -0.2) is 29.8 Å². The van der Waals surface area contributed by atoms with Crippen LogP contribution in [0.1, 0.15) is 20.3 Å². The van der Waals surface area contributed by atoms with Crippen molar-refractivity contribution < 1.29 is 14.8 Å². The Morgan fingerprint density at radius 2 is 2.21 bits per heavy atom. The second-order valence-corrected chi connectivity index (χ2v) is 4.48. The van der Waals surface area contributed by atoms with Crippen molar-refractivity contribution in [2.75, 3.05) is 19.0 Å². The van der Waals surface area contributed by atoms with Crippen molar-refractivity contribution >= 4 is 11.4 Å². The number of anilines is 1. The van der Waals surface area contributed by atoms with Crippen LogP contribution in [0.25, 0.3) is 0 Å². The van der Waals surface area contributed by atoms with Gasteiger partial charge in [0, 0.05) is 24.4 Å². The van der Waals surface area contributed by atoms with Crippen molar-refractivity contribution in [1.29, 1.82) is 0 Å². The highest BCUT2D eigenvalue weighted by molar-refractivity contribution is 5.57. The van der Waals surface area contributed by atoms with E-state index in [4.69, 9.17) is 4.74 Å². The van der Waals surface area contributed by atoms with E-state index >= 15 is 0 Å². The zero-order chi connectivity index (χ0) is 14.4. The SMILES string of the molecule is CCC(C)C(O)CNc1ccc([N+](=O)[O-])c(OC)c1. The molecule has 1 aromatic carbocycles. The summed E-state index contributed by atoms with van der Waals surface area (Å²) in [6, 6.07) is 4.54. The van der Waals surface area contributed by atoms with Crippen molar-refractivity contribution in [3.63, 3.8) is 0 Å². The summed E-state index contributed by atoms with van der Waals surface area (Å²) in [5.41, 5.74) is 0.611. The quantitative estimate of drug-likeness (QED) is 0.586. The standard InChI is InChI=1S/C13H20N2O4/c1-4-9(2)12(16)8-14-10-5-6-11(15(17)18)13(7-10)19-3/h5-7,9,12,14,16H,4,8H2,1-3H3. The minimum absolute atomic E-state index is 0.0736. The molecule has 106 valence electrons. The Morgan fingerprint density at radius 1 is 1.53 bits per heavy atom. The lowest BCUT2D eigenvalue weighted by molar-refractivity contribution is -0.385. The Kier molecular flexibility index (Phi) is 5.57. The van der Waals surface area contributed by atoms with Crippen LogP contribution >= 0.6 is 0 Å². The van der Waals surface area contributed by atoms with E-state index in [9.17, 15) is 15.2 Å². The zero-order valence-corrected chi connectivity index (χ0v) is 11.4. The van der Waals surface area contributed by atoms with Gasteiger partial charge in [-0.15, -0.1) is 0 Å². The van der Waals surface area contributed by atoms with Crippen LogP contribution in [0.2, 0.25) is 0 Å². The van der Waals surface area contributed by atoms with E-state index in [0.29, 0.717) is 12.2 Å². The number of aliphatic hydroxyl groups is 1. The molecule has 0 bridgehead atoms. The second-order valence-electron chi connectivity index (χ2n) is 4.48. The summed E-state index contributed by atoms with van der Waals surface area (Å²) >= 11 is 0. The Morgan fingerprint density at radius 3 is 2.74 bits per heavy atom. The molecule has 1 rings (SSSR count). The molecule has 2 unspecified atom stereocenters. The summed E-state index contributed by atoms with van der Waals surface area (Å²) < 4.78 is 4.98. The van der Waals surface area contributed by atoms with Gasteiger partial charge in [-0.2, -0.15) is 0 Å². The lowest BCUT2D eigenvalue weighted by Crippen LogP contribution is -2.26. The Bertz CT molecular complexity index is 437. The molecule has 0 aromatic heterocycles. The molecule has 2 N–H and O–H groups in total. The first-order valence-electron chi connectivity index (χ1n) is 6.24. The molecule has 2 atom stereocenters. The van der Waals surface area contributed by atoms with Gasteiger partial charge >= 0.3 is 5.69 Å². The van der Waals surface area contributed by atoms with Gasteiger partial charge in [0.15, 0.2) is 5.75 Å². The second kappa shape index (κ2) is 6.94. The van der Waals surface area contributed by atoms with Gasteiger partial charge in [-0.3, -0.25) is 10.1 Å². The molecule has 0 saturated carbocycles. The number of aliphatic hydroxyl groups excluding tert-OH is 1. The molecule has 0 aliphatic heterocycles. The number of nitrogens with zero attached hydrogens (tertiary/aromatic N) is 1. The number of ether oxygens (including phenoxy) is 1. The zero-order valence-electron chi connectivity index (χ0n) is 11.4. The van der Waals surface area contributed by atoms with Crippen molar-refractivity contribution in [3.05, 3.63) is 28.3 Å². The van der Waals surface area contributed by atoms with Crippen molar-refractivity contribution in [2.45, 2.75) is 26.4 Å². The van der Waals surface area contributed by atoms with Crippen LogP contribution in [0.4, 0.5) is 11.4 Å². The highest BCUT2D eigenvalue weighted by atomic mass is 16.6. The molecule has 0 aliphatic carbocycles. The fourth-order valence-electron chi connectivity index (χ4n) is 1.63. The molecule has 0 saturated heterocycles. The molecule has 6 nitrogen and oxygen atoms in total. The molecular weight excluding hydrogens is 248 g/mol. The van der Waals surface area contributed by atoms with Crippen LogP contribution in [0.3, 0.4) is 0 Å². The first-order chi connectivity index (χ1) is 8.99. The van der Waals surface area contributed by atoms with Gasteiger partial charge in [-0.1, -0.05) is 20.3 Å². The average Bonchev–Trinajstić information content (AvgIpc) is 2.43. The van der Waals surface area contributed by atoms with Gasteiger partial charge in [-0.05, 0) is 12.0 Å². The van der Waals surface area contributed by atoms with Gasteiger partial charge in [-0.25, -0.2) is 0 Å². The Balaban J connectivity index is 2.72. The van der Waals surface area contributed by atoms with Crippen LogP contribution < -0.4 is 10.1 Å². The van der Waals surface area contributed by atoms with Gasteiger partial charge in [0.25, 0.3) is 0 Å². The summed E-state index contributed by atoms with van der Waals surface area (Å²) in [6.45, 7) is 4.39. The van der Waals surface area contributed by atoms with E-state index in [-0.39, 0.29) is 17.4 Å². The molecule has 0 heterocycles. The number of nitro groups is 1. The van der Waals surface area contributed by atoms with Crippen LogP contribution in [0.5, 0.6) is 5.75 Å². The molecule has 1 aromatic rings. The lowest BCUT2D eigenvalue weighted by Gasteiger charge is -2.18. The maximum atomic E-state index is 10.8. The number of nitro benzene ring substituents is 1. The third-order valence-electron chi connectivity index (χ3n) is 3.19. The lowest BCUT2D eigenvalue weighted by atomic mass is 10.0. The van der Waals surface area contributed by atoms with E-state index < -0.39 is 11.0 Å². The topological polar surface area (TPSA) is 84.6 Å². The highest BCUT2D eigenvalue weighted by Crippen LogP contribution is 2.29. The molecule has 0 radical (unpaired) electrons. The smallest absolute Gasteiger partial charge is 0.311 e. The van der Waals surface area contributed by atoms with E-state index in [1.807, 2.05) is 13.8 Å². The Labute approximate surface area is 112 Å². The number of rotatable bonds is 7. The number of methoxy groups -OCH3 is 1.